The highest BCUT2D eigenvalue weighted by molar-refractivity contribution is 5.93. The van der Waals surface area contributed by atoms with Gasteiger partial charge in [-0.15, -0.1) is 0 Å². The molecule has 3 rings (SSSR count). The highest BCUT2D eigenvalue weighted by Gasteiger charge is 2.51. The first-order chi connectivity index (χ1) is 12.1. The van der Waals surface area contributed by atoms with Gasteiger partial charge in [0.1, 0.15) is 5.69 Å². The minimum Gasteiger partial charge on any atom is -0.383 e. The summed E-state index contributed by atoms with van der Waals surface area (Å²) in [6.45, 7) is 7.56. The molecule has 0 aromatic carbocycles. The molecule has 2 aliphatic rings. The number of rotatable bonds is 7. The first-order valence-corrected chi connectivity index (χ1v) is 9.18. The second-order valence-electron chi connectivity index (χ2n) is 7.28. The van der Waals surface area contributed by atoms with Gasteiger partial charge in [0.25, 0.3) is 5.91 Å². The van der Waals surface area contributed by atoms with E-state index in [-0.39, 0.29) is 11.4 Å². The number of nitrogens with zero attached hydrogens (tertiary/aromatic N) is 4. The van der Waals surface area contributed by atoms with Crippen molar-refractivity contribution in [1.29, 1.82) is 0 Å². The molecular weight excluding hydrogens is 320 g/mol. The summed E-state index contributed by atoms with van der Waals surface area (Å²) in [6.07, 6.45) is 4.12. The lowest BCUT2D eigenvalue weighted by molar-refractivity contribution is -0.0753. The normalized spacial score (nSPS) is 23.0. The lowest BCUT2D eigenvalue weighted by Gasteiger charge is -2.58. The third-order valence-electron chi connectivity index (χ3n) is 5.55. The molecule has 1 spiro atoms. The summed E-state index contributed by atoms with van der Waals surface area (Å²) < 4.78 is 12.4. The molecule has 1 atom stereocenters. The standard InChI is InChI=1S/C18H30N4O3/c1-4-25-12-15-5-7-20(2)18(11-15)13-21(14-18)17(23)16-6-8-22(19-16)9-10-24-3/h6,8,15H,4-5,7,9-14H2,1-3H3. The van der Waals surface area contributed by atoms with Crippen LogP contribution in [-0.2, 0) is 16.0 Å². The van der Waals surface area contributed by atoms with Gasteiger partial charge in [0.05, 0.1) is 18.7 Å². The summed E-state index contributed by atoms with van der Waals surface area (Å²) >= 11 is 0. The van der Waals surface area contributed by atoms with Crippen LogP contribution in [0.3, 0.4) is 0 Å². The molecule has 1 unspecified atom stereocenters. The van der Waals surface area contributed by atoms with Gasteiger partial charge >= 0.3 is 0 Å². The molecule has 3 heterocycles. The van der Waals surface area contributed by atoms with E-state index in [2.05, 4.69) is 17.0 Å². The lowest BCUT2D eigenvalue weighted by Crippen LogP contribution is -2.72. The van der Waals surface area contributed by atoms with Crippen LogP contribution in [0.5, 0.6) is 0 Å². The average molecular weight is 350 g/mol. The van der Waals surface area contributed by atoms with Crippen LogP contribution in [0, 0.1) is 5.92 Å². The summed E-state index contributed by atoms with van der Waals surface area (Å²) in [7, 11) is 3.84. The Morgan fingerprint density at radius 1 is 1.44 bits per heavy atom. The number of hydrogen-bond donors (Lipinski definition) is 0. The Hall–Kier alpha value is -1.44. The van der Waals surface area contributed by atoms with Crippen molar-refractivity contribution in [2.24, 2.45) is 5.92 Å². The average Bonchev–Trinajstić information content (AvgIpc) is 3.05. The Labute approximate surface area is 149 Å². The van der Waals surface area contributed by atoms with E-state index in [9.17, 15) is 4.79 Å². The Morgan fingerprint density at radius 3 is 2.96 bits per heavy atom. The topological polar surface area (TPSA) is 59.8 Å². The molecule has 7 heteroatoms. The fraction of sp³-hybridized carbons (Fsp3) is 0.778. The summed E-state index contributed by atoms with van der Waals surface area (Å²) in [5.41, 5.74) is 0.643. The van der Waals surface area contributed by atoms with Crippen molar-refractivity contribution in [2.45, 2.75) is 31.8 Å². The van der Waals surface area contributed by atoms with Gasteiger partial charge in [0.15, 0.2) is 0 Å². The smallest absolute Gasteiger partial charge is 0.274 e. The number of carbonyl (C=O) groups excluding carboxylic acids is 1. The molecule has 0 radical (unpaired) electrons. The molecule has 2 fully saturated rings. The molecule has 0 bridgehead atoms. The van der Waals surface area contributed by atoms with Crippen LogP contribution in [0.15, 0.2) is 12.3 Å². The summed E-state index contributed by atoms with van der Waals surface area (Å²) in [4.78, 5) is 17.0. The second-order valence-corrected chi connectivity index (χ2v) is 7.28. The number of piperidine rings is 1. The maximum atomic E-state index is 12.7. The molecule has 1 aromatic heterocycles. The second kappa shape index (κ2) is 7.85. The summed E-state index contributed by atoms with van der Waals surface area (Å²) in [5, 5.41) is 4.37. The van der Waals surface area contributed by atoms with E-state index in [1.807, 2.05) is 18.0 Å². The van der Waals surface area contributed by atoms with Crippen molar-refractivity contribution in [3.63, 3.8) is 0 Å². The molecule has 2 saturated heterocycles. The van der Waals surface area contributed by atoms with Gasteiger partial charge in [0.2, 0.25) is 0 Å². The Morgan fingerprint density at radius 2 is 2.24 bits per heavy atom. The fourth-order valence-electron chi connectivity index (χ4n) is 3.96. The van der Waals surface area contributed by atoms with Crippen LogP contribution in [0.4, 0.5) is 0 Å². The van der Waals surface area contributed by atoms with Gasteiger partial charge in [0, 0.05) is 39.6 Å². The van der Waals surface area contributed by atoms with Crippen molar-refractivity contribution in [3.05, 3.63) is 18.0 Å². The zero-order valence-corrected chi connectivity index (χ0v) is 15.6. The molecule has 0 aliphatic carbocycles. The predicted octanol–water partition coefficient (Wildman–Crippen LogP) is 1.10. The van der Waals surface area contributed by atoms with E-state index in [1.54, 1.807) is 17.9 Å². The van der Waals surface area contributed by atoms with E-state index in [0.717, 1.165) is 39.3 Å². The molecule has 140 valence electrons. The van der Waals surface area contributed by atoms with E-state index in [0.29, 0.717) is 24.8 Å². The van der Waals surface area contributed by atoms with Gasteiger partial charge in [-0.3, -0.25) is 14.4 Å². The number of hydrogen-bond acceptors (Lipinski definition) is 5. The van der Waals surface area contributed by atoms with Crippen molar-refractivity contribution in [2.75, 3.05) is 53.6 Å². The number of amides is 1. The number of likely N-dealkylation sites (tertiary alicyclic amines) is 2. The first kappa shape index (κ1) is 18.4. The molecule has 1 amide bonds. The highest BCUT2D eigenvalue weighted by atomic mass is 16.5. The van der Waals surface area contributed by atoms with Crippen molar-refractivity contribution < 1.29 is 14.3 Å². The van der Waals surface area contributed by atoms with Crippen molar-refractivity contribution in [3.8, 4) is 0 Å². The largest absolute Gasteiger partial charge is 0.383 e. The Kier molecular flexibility index (Phi) is 5.76. The fourth-order valence-corrected chi connectivity index (χ4v) is 3.96. The minimum absolute atomic E-state index is 0.0297. The number of likely N-dealkylation sites (N-methyl/N-ethyl adjacent to an activating group) is 1. The monoisotopic (exact) mass is 350 g/mol. The quantitative estimate of drug-likeness (QED) is 0.737. The number of methoxy groups -OCH3 is 1. The van der Waals surface area contributed by atoms with Crippen LogP contribution in [-0.4, -0.2) is 84.6 Å². The maximum absolute atomic E-state index is 12.7. The third-order valence-corrected chi connectivity index (χ3v) is 5.55. The molecule has 7 nitrogen and oxygen atoms in total. The zero-order chi connectivity index (χ0) is 17.9. The molecule has 0 N–H and O–H groups in total. The van der Waals surface area contributed by atoms with Gasteiger partial charge in [-0.25, -0.2) is 0 Å². The lowest BCUT2D eigenvalue weighted by atomic mass is 9.75. The molecular formula is C18H30N4O3. The van der Waals surface area contributed by atoms with Gasteiger partial charge in [-0.05, 0) is 45.3 Å². The zero-order valence-electron chi connectivity index (χ0n) is 15.6. The van der Waals surface area contributed by atoms with E-state index >= 15 is 0 Å². The summed E-state index contributed by atoms with van der Waals surface area (Å²) in [6, 6.07) is 1.80. The first-order valence-electron chi connectivity index (χ1n) is 9.18. The van der Waals surface area contributed by atoms with Crippen LogP contribution in [0.2, 0.25) is 0 Å². The van der Waals surface area contributed by atoms with E-state index in [4.69, 9.17) is 9.47 Å². The minimum atomic E-state index is 0.0297. The SMILES string of the molecule is CCOCC1CCN(C)C2(C1)CN(C(=O)c1ccn(CCOC)n1)C2. The molecule has 1 aromatic rings. The van der Waals surface area contributed by atoms with Gasteiger partial charge in [-0.1, -0.05) is 0 Å². The Balaban J connectivity index is 1.56. The highest BCUT2D eigenvalue weighted by Crippen LogP contribution is 2.38. The maximum Gasteiger partial charge on any atom is 0.274 e. The third kappa shape index (κ3) is 3.88. The van der Waals surface area contributed by atoms with Crippen molar-refractivity contribution >= 4 is 5.91 Å². The number of ether oxygens (including phenoxy) is 2. The Bertz CT molecular complexity index is 581. The summed E-state index contributed by atoms with van der Waals surface area (Å²) in [5.74, 6) is 0.628. The van der Waals surface area contributed by atoms with Crippen molar-refractivity contribution in [1.82, 2.24) is 19.6 Å². The molecule has 0 saturated carbocycles. The van der Waals surface area contributed by atoms with Gasteiger partial charge < -0.3 is 14.4 Å². The number of carbonyl (C=O) groups is 1. The molecule has 25 heavy (non-hydrogen) atoms. The van der Waals surface area contributed by atoms with E-state index in [1.165, 1.54) is 6.42 Å². The van der Waals surface area contributed by atoms with Crippen LogP contribution < -0.4 is 0 Å². The molecule has 2 aliphatic heterocycles. The van der Waals surface area contributed by atoms with Crippen LogP contribution >= 0.6 is 0 Å². The predicted molar refractivity (Wildman–Crippen MR) is 94.6 cm³/mol. The van der Waals surface area contributed by atoms with E-state index < -0.39 is 0 Å². The van der Waals surface area contributed by atoms with Crippen LogP contribution in [0.25, 0.3) is 0 Å². The van der Waals surface area contributed by atoms with Crippen LogP contribution in [0.1, 0.15) is 30.3 Å². The van der Waals surface area contributed by atoms with Gasteiger partial charge in [-0.2, -0.15) is 5.10 Å². The number of aromatic nitrogens is 2.